The standard InChI is InChI=1S/C11H20N6O3S/c1-13-10(9-7-14-15(2)8-9)11(18)16-3-5-17(6-4-16)21(12,19)20/h7-8,10,13H,3-6H2,1-2H3,(H2,12,19,20). The molecule has 0 bridgehead atoms. The molecule has 0 spiro atoms. The fraction of sp³-hybridized carbons (Fsp3) is 0.636. The van der Waals surface area contributed by atoms with Gasteiger partial charge in [0, 0.05) is 45.0 Å². The van der Waals surface area contributed by atoms with Crippen LogP contribution in [0.3, 0.4) is 0 Å². The van der Waals surface area contributed by atoms with Crippen LogP contribution in [0.1, 0.15) is 11.6 Å². The maximum absolute atomic E-state index is 12.5. The minimum absolute atomic E-state index is 0.0976. The van der Waals surface area contributed by atoms with Crippen LogP contribution in [0.15, 0.2) is 12.4 Å². The SMILES string of the molecule is CNC(C(=O)N1CCN(S(N)(=O)=O)CC1)c1cnn(C)c1. The maximum Gasteiger partial charge on any atom is 0.277 e. The fourth-order valence-corrected chi connectivity index (χ4v) is 3.04. The molecule has 10 heteroatoms. The number of carbonyl (C=O) groups excluding carboxylic acids is 1. The summed E-state index contributed by atoms with van der Waals surface area (Å²) in [6.07, 6.45) is 3.42. The smallest absolute Gasteiger partial charge is 0.277 e. The van der Waals surface area contributed by atoms with Crippen LogP contribution >= 0.6 is 0 Å². The zero-order valence-electron chi connectivity index (χ0n) is 12.1. The third-order valence-corrected chi connectivity index (χ3v) is 4.59. The van der Waals surface area contributed by atoms with Crippen molar-refractivity contribution in [3.05, 3.63) is 18.0 Å². The minimum atomic E-state index is -3.68. The Morgan fingerprint density at radius 1 is 1.38 bits per heavy atom. The number of hydrogen-bond donors (Lipinski definition) is 2. The first kappa shape index (κ1) is 15.9. The van der Waals surface area contributed by atoms with Crippen molar-refractivity contribution < 1.29 is 13.2 Å². The molecule has 9 nitrogen and oxygen atoms in total. The summed E-state index contributed by atoms with van der Waals surface area (Å²) >= 11 is 0. The van der Waals surface area contributed by atoms with Gasteiger partial charge in [0.1, 0.15) is 6.04 Å². The summed E-state index contributed by atoms with van der Waals surface area (Å²) in [6.45, 7) is 1.09. The molecule has 0 saturated carbocycles. The van der Waals surface area contributed by atoms with E-state index >= 15 is 0 Å². The number of nitrogens with zero attached hydrogens (tertiary/aromatic N) is 4. The molecular weight excluding hydrogens is 296 g/mol. The maximum atomic E-state index is 12.5. The van der Waals surface area contributed by atoms with Crippen molar-refractivity contribution >= 4 is 16.1 Å². The van der Waals surface area contributed by atoms with Gasteiger partial charge in [-0.25, -0.2) is 5.14 Å². The van der Waals surface area contributed by atoms with Crippen LogP contribution < -0.4 is 10.5 Å². The Morgan fingerprint density at radius 3 is 2.43 bits per heavy atom. The normalized spacial score (nSPS) is 18.7. The van der Waals surface area contributed by atoms with Gasteiger partial charge in [-0.1, -0.05) is 0 Å². The van der Waals surface area contributed by atoms with Crippen molar-refractivity contribution in [1.29, 1.82) is 0 Å². The number of aryl methyl sites for hydroxylation is 1. The van der Waals surface area contributed by atoms with Crippen molar-refractivity contribution in [2.45, 2.75) is 6.04 Å². The number of aromatic nitrogens is 2. The lowest BCUT2D eigenvalue weighted by atomic mass is 10.1. The van der Waals surface area contributed by atoms with Gasteiger partial charge in [0.25, 0.3) is 10.2 Å². The highest BCUT2D eigenvalue weighted by Gasteiger charge is 2.30. The van der Waals surface area contributed by atoms with Crippen molar-refractivity contribution in [3.63, 3.8) is 0 Å². The summed E-state index contributed by atoms with van der Waals surface area (Å²) in [4.78, 5) is 14.2. The summed E-state index contributed by atoms with van der Waals surface area (Å²) in [6, 6.07) is -0.486. The predicted octanol–water partition coefficient (Wildman–Crippen LogP) is -1.97. The Morgan fingerprint density at radius 2 is 2.00 bits per heavy atom. The summed E-state index contributed by atoms with van der Waals surface area (Å²) in [5.74, 6) is -0.0976. The summed E-state index contributed by atoms with van der Waals surface area (Å²) in [7, 11) is -0.195. The zero-order valence-corrected chi connectivity index (χ0v) is 12.9. The second-order valence-electron chi connectivity index (χ2n) is 4.94. The van der Waals surface area contributed by atoms with E-state index in [1.165, 1.54) is 4.31 Å². The Balaban J connectivity index is 2.04. The fourth-order valence-electron chi connectivity index (χ4n) is 2.37. The van der Waals surface area contributed by atoms with Gasteiger partial charge in [-0.3, -0.25) is 9.48 Å². The molecule has 118 valence electrons. The first-order chi connectivity index (χ1) is 9.82. The van der Waals surface area contributed by atoms with Crippen LogP contribution in [0.2, 0.25) is 0 Å². The van der Waals surface area contributed by atoms with Gasteiger partial charge in [-0.15, -0.1) is 0 Å². The largest absolute Gasteiger partial charge is 0.338 e. The van der Waals surface area contributed by atoms with E-state index in [2.05, 4.69) is 10.4 Å². The van der Waals surface area contributed by atoms with Crippen molar-refractivity contribution in [2.24, 2.45) is 12.2 Å². The molecule has 0 radical (unpaired) electrons. The number of rotatable bonds is 4. The number of hydrogen-bond acceptors (Lipinski definition) is 5. The molecule has 2 heterocycles. The third kappa shape index (κ3) is 3.59. The summed E-state index contributed by atoms with van der Waals surface area (Å²) in [5.41, 5.74) is 0.777. The van der Waals surface area contributed by atoms with Gasteiger partial charge in [-0.05, 0) is 7.05 Å². The predicted molar refractivity (Wildman–Crippen MR) is 76.3 cm³/mol. The average Bonchev–Trinajstić information content (AvgIpc) is 2.85. The van der Waals surface area contributed by atoms with Gasteiger partial charge in [-0.2, -0.15) is 17.8 Å². The van der Waals surface area contributed by atoms with Gasteiger partial charge in [0.2, 0.25) is 5.91 Å². The Bertz CT molecular complexity index is 605. The van der Waals surface area contributed by atoms with Crippen LogP contribution in [0.5, 0.6) is 0 Å². The third-order valence-electron chi connectivity index (χ3n) is 3.50. The second-order valence-corrected chi connectivity index (χ2v) is 6.48. The van der Waals surface area contributed by atoms with Gasteiger partial charge in [0.15, 0.2) is 0 Å². The van der Waals surface area contributed by atoms with E-state index in [4.69, 9.17) is 5.14 Å². The Kier molecular flexibility index (Phi) is 4.61. The molecule has 1 amide bonds. The highest BCUT2D eigenvalue weighted by molar-refractivity contribution is 7.86. The highest BCUT2D eigenvalue weighted by atomic mass is 32.2. The van der Waals surface area contributed by atoms with E-state index in [-0.39, 0.29) is 19.0 Å². The molecule has 1 atom stereocenters. The number of nitrogens with one attached hydrogen (secondary N) is 1. The molecule has 0 aromatic carbocycles. The highest BCUT2D eigenvalue weighted by Crippen LogP contribution is 2.16. The van der Waals surface area contributed by atoms with E-state index in [1.807, 2.05) is 0 Å². The number of amides is 1. The monoisotopic (exact) mass is 316 g/mol. The molecule has 2 rings (SSSR count). The quantitative estimate of drug-likeness (QED) is 0.669. The Hall–Kier alpha value is -1.49. The van der Waals surface area contributed by atoms with Crippen molar-refractivity contribution in [3.8, 4) is 0 Å². The number of piperazine rings is 1. The summed E-state index contributed by atoms with van der Waals surface area (Å²) < 4.78 is 25.3. The Labute approximate surface area is 123 Å². The molecule has 0 aliphatic carbocycles. The minimum Gasteiger partial charge on any atom is -0.338 e. The molecule has 1 saturated heterocycles. The lowest BCUT2D eigenvalue weighted by molar-refractivity contribution is -0.134. The van der Waals surface area contributed by atoms with Crippen LogP contribution in [-0.2, 0) is 22.1 Å². The molecule has 3 N–H and O–H groups in total. The zero-order chi connectivity index (χ0) is 15.6. The van der Waals surface area contributed by atoms with Crippen LogP contribution in [-0.4, -0.2) is 66.5 Å². The lowest BCUT2D eigenvalue weighted by Gasteiger charge is -2.34. The van der Waals surface area contributed by atoms with Crippen molar-refractivity contribution in [2.75, 3.05) is 33.2 Å². The molecule has 21 heavy (non-hydrogen) atoms. The van der Waals surface area contributed by atoms with E-state index in [0.29, 0.717) is 13.1 Å². The molecule has 1 aliphatic heterocycles. The first-order valence-electron chi connectivity index (χ1n) is 6.55. The molecule has 1 aromatic heterocycles. The van der Waals surface area contributed by atoms with E-state index in [1.54, 1.807) is 36.1 Å². The van der Waals surface area contributed by atoms with E-state index in [0.717, 1.165) is 5.56 Å². The molecule has 1 aromatic rings. The van der Waals surface area contributed by atoms with Crippen molar-refractivity contribution in [1.82, 2.24) is 24.3 Å². The molecule has 1 fully saturated rings. The van der Waals surface area contributed by atoms with E-state index in [9.17, 15) is 13.2 Å². The average molecular weight is 316 g/mol. The number of nitrogens with two attached hydrogens (primary N) is 1. The van der Waals surface area contributed by atoms with Gasteiger partial charge in [0.05, 0.1) is 6.20 Å². The lowest BCUT2D eigenvalue weighted by Crippen LogP contribution is -2.54. The second kappa shape index (κ2) is 6.10. The van der Waals surface area contributed by atoms with E-state index < -0.39 is 16.3 Å². The summed E-state index contributed by atoms with van der Waals surface area (Å²) in [5, 5.41) is 12.1. The molecule has 1 aliphatic rings. The van der Waals surface area contributed by atoms with Gasteiger partial charge < -0.3 is 10.2 Å². The molecular formula is C11H20N6O3S. The van der Waals surface area contributed by atoms with Crippen LogP contribution in [0.25, 0.3) is 0 Å². The first-order valence-corrected chi connectivity index (χ1v) is 8.05. The topological polar surface area (TPSA) is 114 Å². The van der Waals surface area contributed by atoms with Crippen LogP contribution in [0.4, 0.5) is 0 Å². The number of carbonyl (C=O) groups is 1. The van der Waals surface area contributed by atoms with Crippen LogP contribution in [0, 0.1) is 0 Å². The van der Waals surface area contributed by atoms with Gasteiger partial charge >= 0.3 is 0 Å². The molecule has 1 unspecified atom stereocenters. The number of likely N-dealkylation sites (N-methyl/N-ethyl adjacent to an activating group) is 1.